The second-order valence-corrected chi connectivity index (χ2v) is 4.25. The maximum absolute atomic E-state index is 12.7. The average molecular weight is 274 g/mol. The van der Waals surface area contributed by atoms with E-state index in [0.29, 0.717) is 6.54 Å². The lowest BCUT2D eigenvalue weighted by Crippen LogP contribution is -2.28. The molecule has 0 bridgehead atoms. The summed E-state index contributed by atoms with van der Waals surface area (Å²) in [5, 5.41) is 5.32. The van der Waals surface area contributed by atoms with E-state index in [1.807, 2.05) is 6.92 Å². The van der Waals surface area contributed by atoms with Crippen LogP contribution in [0.1, 0.15) is 24.5 Å². The summed E-state index contributed by atoms with van der Waals surface area (Å²) in [6, 6.07) is 3.76. The Morgan fingerprint density at radius 2 is 2.00 bits per heavy atom. The minimum atomic E-state index is -4.41. The zero-order valence-electron chi connectivity index (χ0n) is 10.9. The Balaban J connectivity index is 2.72. The summed E-state index contributed by atoms with van der Waals surface area (Å²) in [4.78, 5) is 11.5. The summed E-state index contributed by atoms with van der Waals surface area (Å²) in [6.07, 6.45) is -3.53. The van der Waals surface area contributed by atoms with Gasteiger partial charge in [0, 0.05) is 5.69 Å². The van der Waals surface area contributed by atoms with Crippen LogP contribution in [0.25, 0.3) is 0 Å². The molecule has 0 aliphatic carbocycles. The largest absolute Gasteiger partial charge is 0.416 e. The van der Waals surface area contributed by atoms with Gasteiger partial charge in [-0.2, -0.15) is 13.2 Å². The van der Waals surface area contributed by atoms with Crippen LogP contribution in [0.5, 0.6) is 0 Å². The number of aryl methyl sites for hydroxylation is 1. The van der Waals surface area contributed by atoms with Crippen LogP contribution >= 0.6 is 0 Å². The highest BCUT2D eigenvalue weighted by Gasteiger charge is 2.32. The first kappa shape index (κ1) is 15.5. The Hall–Kier alpha value is -1.56. The van der Waals surface area contributed by atoms with Gasteiger partial charge in [-0.05, 0) is 37.6 Å². The summed E-state index contributed by atoms with van der Waals surface area (Å²) >= 11 is 0. The van der Waals surface area contributed by atoms with Gasteiger partial charge in [-0.3, -0.25) is 4.79 Å². The molecule has 1 rings (SSSR count). The quantitative estimate of drug-likeness (QED) is 0.810. The Morgan fingerprint density at radius 3 is 2.58 bits per heavy atom. The number of carbonyl (C=O) groups excluding carboxylic acids is 1. The van der Waals surface area contributed by atoms with E-state index in [4.69, 9.17) is 0 Å². The van der Waals surface area contributed by atoms with Gasteiger partial charge in [0.05, 0.1) is 12.1 Å². The zero-order valence-corrected chi connectivity index (χ0v) is 10.9. The molecule has 0 fully saturated rings. The third kappa shape index (κ3) is 4.90. The molecule has 6 heteroatoms. The number of amides is 1. The van der Waals surface area contributed by atoms with Crippen molar-refractivity contribution < 1.29 is 18.0 Å². The van der Waals surface area contributed by atoms with Gasteiger partial charge >= 0.3 is 6.18 Å². The number of rotatable bonds is 5. The van der Waals surface area contributed by atoms with Gasteiger partial charge in [-0.25, -0.2) is 0 Å². The van der Waals surface area contributed by atoms with Gasteiger partial charge in [0.2, 0.25) is 5.91 Å². The van der Waals surface area contributed by atoms with Crippen LogP contribution in [0.3, 0.4) is 0 Å². The van der Waals surface area contributed by atoms with Crippen molar-refractivity contribution in [3.8, 4) is 0 Å². The van der Waals surface area contributed by atoms with E-state index < -0.39 is 11.7 Å². The highest BCUT2D eigenvalue weighted by atomic mass is 19.4. The summed E-state index contributed by atoms with van der Waals surface area (Å²) in [5.41, 5.74) is -0.442. The van der Waals surface area contributed by atoms with Crippen molar-refractivity contribution in [3.05, 3.63) is 29.3 Å². The molecule has 0 aromatic heterocycles. The number of halogens is 3. The molecule has 1 aromatic rings. The fourth-order valence-electron chi connectivity index (χ4n) is 1.59. The van der Waals surface area contributed by atoms with Crippen LogP contribution in [-0.2, 0) is 11.0 Å². The summed E-state index contributed by atoms with van der Waals surface area (Å²) in [7, 11) is 0. The Morgan fingerprint density at radius 1 is 1.32 bits per heavy atom. The molecule has 2 N–H and O–H groups in total. The lowest BCUT2D eigenvalue weighted by atomic mass is 10.1. The molecule has 1 amide bonds. The van der Waals surface area contributed by atoms with E-state index in [9.17, 15) is 18.0 Å². The van der Waals surface area contributed by atoms with Crippen LogP contribution in [0.2, 0.25) is 0 Å². The van der Waals surface area contributed by atoms with Crippen LogP contribution in [0.4, 0.5) is 18.9 Å². The summed E-state index contributed by atoms with van der Waals surface area (Å²) in [6.45, 7) is 4.12. The fourth-order valence-corrected chi connectivity index (χ4v) is 1.59. The standard InChI is InChI=1S/C13H17F3N2O/c1-3-6-17-8-12(19)18-10-5-4-9(2)11(7-10)13(14,15)16/h4-5,7,17H,3,6,8H2,1-2H3,(H,18,19). The van der Waals surface area contributed by atoms with Crippen molar-refractivity contribution in [2.45, 2.75) is 26.4 Å². The molecule has 106 valence electrons. The Kier molecular flexibility index (Phi) is 5.35. The predicted octanol–water partition coefficient (Wildman–Crippen LogP) is 2.95. The van der Waals surface area contributed by atoms with Gasteiger partial charge < -0.3 is 10.6 Å². The topological polar surface area (TPSA) is 41.1 Å². The van der Waals surface area contributed by atoms with Crippen molar-refractivity contribution in [1.82, 2.24) is 5.32 Å². The Labute approximate surface area is 110 Å². The fraction of sp³-hybridized carbons (Fsp3) is 0.462. The van der Waals surface area contributed by atoms with Gasteiger partial charge in [-0.1, -0.05) is 13.0 Å². The second kappa shape index (κ2) is 6.56. The van der Waals surface area contributed by atoms with Gasteiger partial charge in [0.1, 0.15) is 0 Å². The number of carbonyl (C=O) groups is 1. The predicted molar refractivity (Wildman–Crippen MR) is 68.0 cm³/mol. The number of hydrogen-bond donors (Lipinski definition) is 2. The van der Waals surface area contributed by atoms with Crippen LogP contribution < -0.4 is 10.6 Å². The maximum Gasteiger partial charge on any atom is 0.416 e. The molecule has 3 nitrogen and oxygen atoms in total. The molecular weight excluding hydrogens is 257 g/mol. The SMILES string of the molecule is CCCNCC(=O)Nc1ccc(C)c(C(F)(F)F)c1. The molecule has 0 aliphatic rings. The molecule has 0 heterocycles. The minimum absolute atomic E-state index is 0.0864. The van der Waals surface area contributed by atoms with Crippen molar-refractivity contribution >= 4 is 11.6 Å². The molecule has 0 unspecified atom stereocenters. The molecule has 19 heavy (non-hydrogen) atoms. The molecule has 0 radical (unpaired) electrons. The molecule has 0 aliphatic heterocycles. The number of hydrogen-bond acceptors (Lipinski definition) is 2. The van der Waals surface area contributed by atoms with Crippen molar-refractivity contribution in [3.63, 3.8) is 0 Å². The maximum atomic E-state index is 12.7. The van der Waals surface area contributed by atoms with Gasteiger partial charge in [-0.15, -0.1) is 0 Å². The summed E-state index contributed by atoms with van der Waals surface area (Å²) in [5.74, 6) is -0.356. The van der Waals surface area contributed by atoms with Crippen molar-refractivity contribution in [2.75, 3.05) is 18.4 Å². The van der Waals surface area contributed by atoms with E-state index in [1.54, 1.807) is 0 Å². The lowest BCUT2D eigenvalue weighted by molar-refractivity contribution is -0.138. The summed E-state index contributed by atoms with van der Waals surface area (Å²) < 4.78 is 38.1. The van der Waals surface area contributed by atoms with Crippen molar-refractivity contribution in [1.29, 1.82) is 0 Å². The first-order valence-corrected chi connectivity index (χ1v) is 6.03. The molecule has 1 aromatic carbocycles. The van der Waals surface area contributed by atoms with Gasteiger partial charge in [0.25, 0.3) is 0 Å². The van der Waals surface area contributed by atoms with E-state index in [1.165, 1.54) is 19.1 Å². The smallest absolute Gasteiger partial charge is 0.325 e. The van der Waals surface area contributed by atoms with Crippen LogP contribution in [0.15, 0.2) is 18.2 Å². The normalized spacial score (nSPS) is 11.4. The monoisotopic (exact) mass is 274 g/mol. The van der Waals surface area contributed by atoms with E-state index in [0.717, 1.165) is 12.5 Å². The molecule has 0 saturated carbocycles. The van der Waals surface area contributed by atoms with E-state index in [2.05, 4.69) is 10.6 Å². The molecule has 0 spiro atoms. The number of benzene rings is 1. The van der Waals surface area contributed by atoms with E-state index >= 15 is 0 Å². The highest BCUT2D eigenvalue weighted by Crippen LogP contribution is 2.33. The number of nitrogens with one attached hydrogen (secondary N) is 2. The number of alkyl halides is 3. The third-order valence-electron chi connectivity index (χ3n) is 2.54. The van der Waals surface area contributed by atoms with E-state index in [-0.39, 0.29) is 23.7 Å². The molecule has 0 saturated heterocycles. The average Bonchev–Trinajstić information content (AvgIpc) is 2.30. The minimum Gasteiger partial charge on any atom is -0.325 e. The van der Waals surface area contributed by atoms with Gasteiger partial charge in [0.15, 0.2) is 0 Å². The van der Waals surface area contributed by atoms with Crippen LogP contribution in [0, 0.1) is 6.92 Å². The molecule has 0 atom stereocenters. The number of anilines is 1. The third-order valence-corrected chi connectivity index (χ3v) is 2.54. The lowest BCUT2D eigenvalue weighted by Gasteiger charge is -2.13. The Bertz CT molecular complexity index is 444. The van der Waals surface area contributed by atoms with Crippen LogP contribution in [-0.4, -0.2) is 19.0 Å². The second-order valence-electron chi connectivity index (χ2n) is 4.25. The first-order valence-electron chi connectivity index (χ1n) is 6.03. The first-order chi connectivity index (χ1) is 8.84. The highest BCUT2D eigenvalue weighted by molar-refractivity contribution is 5.92. The molecular formula is C13H17F3N2O. The zero-order chi connectivity index (χ0) is 14.5. The van der Waals surface area contributed by atoms with Crippen molar-refractivity contribution in [2.24, 2.45) is 0 Å².